The molecule has 0 saturated heterocycles. The van der Waals surface area contributed by atoms with Crippen LogP contribution in [0.4, 0.5) is 0 Å². The third-order valence-electron chi connectivity index (χ3n) is 4.32. The molecular formula is C20H26O4. The maximum absolute atomic E-state index is 12.7. The number of ether oxygens (including phenoxy) is 2. The van der Waals surface area contributed by atoms with Gasteiger partial charge in [-0.25, -0.2) is 0 Å². The Kier molecular flexibility index (Phi) is 5.16. The summed E-state index contributed by atoms with van der Waals surface area (Å²) in [6, 6.07) is 9.49. The lowest BCUT2D eigenvalue weighted by atomic mass is 9.64. The van der Waals surface area contributed by atoms with Gasteiger partial charge in [0.15, 0.2) is 0 Å². The summed E-state index contributed by atoms with van der Waals surface area (Å²) >= 11 is 0. The van der Waals surface area contributed by atoms with E-state index in [0.717, 1.165) is 11.1 Å². The Hall–Kier alpha value is -2.10. The third kappa shape index (κ3) is 3.86. The molecule has 1 aromatic carbocycles. The lowest BCUT2D eigenvalue weighted by molar-refractivity contribution is -0.163. The van der Waals surface area contributed by atoms with E-state index in [1.54, 1.807) is 0 Å². The van der Waals surface area contributed by atoms with Crippen LogP contribution < -0.4 is 0 Å². The normalized spacial score (nSPS) is 24.3. The highest BCUT2D eigenvalue weighted by atomic mass is 16.6. The Balaban J connectivity index is 2.39. The minimum absolute atomic E-state index is 0.285. The van der Waals surface area contributed by atoms with E-state index in [2.05, 4.69) is 6.58 Å². The van der Waals surface area contributed by atoms with E-state index < -0.39 is 16.9 Å². The summed E-state index contributed by atoms with van der Waals surface area (Å²) in [6.07, 6.45) is 1.40. The van der Waals surface area contributed by atoms with E-state index >= 15 is 0 Å². The number of esters is 2. The van der Waals surface area contributed by atoms with Crippen molar-refractivity contribution in [3.05, 3.63) is 48.0 Å². The molecule has 4 heteroatoms. The van der Waals surface area contributed by atoms with E-state index in [0.29, 0.717) is 19.3 Å². The number of hydrogen-bond acceptors (Lipinski definition) is 4. The fourth-order valence-electron chi connectivity index (χ4n) is 3.41. The van der Waals surface area contributed by atoms with Crippen LogP contribution in [0.25, 0.3) is 0 Å². The monoisotopic (exact) mass is 330 g/mol. The molecule has 1 aliphatic rings. The van der Waals surface area contributed by atoms with Gasteiger partial charge in [0.1, 0.15) is 5.60 Å². The van der Waals surface area contributed by atoms with Gasteiger partial charge >= 0.3 is 11.9 Å². The van der Waals surface area contributed by atoms with Gasteiger partial charge in [-0.05, 0) is 45.6 Å². The molecule has 2 atom stereocenters. The van der Waals surface area contributed by atoms with E-state index in [-0.39, 0.29) is 11.9 Å². The molecule has 0 N–H and O–H groups in total. The molecular weight excluding hydrogens is 304 g/mol. The smallest absolute Gasteiger partial charge is 0.316 e. The van der Waals surface area contributed by atoms with Crippen LogP contribution in [-0.2, 0) is 24.5 Å². The quantitative estimate of drug-likeness (QED) is 0.625. The van der Waals surface area contributed by atoms with Gasteiger partial charge in [-0.3, -0.25) is 9.59 Å². The average molecular weight is 330 g/mol. The van der Waals surface area contributed by atoms with Gasteiger partial charge < -0.3 is 9.47 Å². The molecule has 0 unspecified atom stereocenters. The molecule has 1 fully saturated rings. The maximum atomic E-state index is 12.7. The zero-order chi connectivity index (χ0) is 18.0. The number of rotatable bonds is 3. The lowest BCUT2D eigenvalue weighted by Gasteiger charge is -2.39. The number of methoxy groups -OCH3 is 1. The molecule has 0 aromatic heterocycles. The van der Waals surface area contributed by atoms with Crippen LogP contribution in [-0.4, -0.2) is 24.6 Å². The van der Waals surface area contributed by atoms with Crippen molar-refractivity contribution in [2.24, 2.45) is 5.92 Å². The van der Waals surface area contributed by atoms with Crippen LogP contribution in [0.2, 0.25) is 0 Å². The first-order chi connectivity index (χ1) is 11.2. The minimum atomic E-state index is -0.882. The molecule has 0 spiro atoms. The molecule has 4 nitrogen and oxygen atoms in total. The van der Waals surface area contributed by atoms with Gasteiger partial charge in [0, 0.05) is 0 Å². The second-order valence-corrected chi connectivity index (χ2v) is 7.51. The molecule has 0 bridgehead atoms. The van der Waals surface area contributed by atoms with E-state index in [9.17, 15) is 9.59 Å². The SMILES string of the molecule is C=C1C[C@@H](C(=O)OC(C)(C)C)C[C@@](C(=O)OC)(c2ccccc2)C1. The summed E-state index contributed by atoms with van der Waals surface area (Å²) in [6.45, 7) is 9.59. The first kappa shape index (κ1) is 18.2. The lowest BCUT2D eigenvalue weighted by Crippen LogP contribution is -2.44. The van der Waals surface area contributed by atoms with Gasteiger partial charge in [-0.15, -0.1) is 0 Å². The summed E-state index contributed by atoms with van der Waals surface area (Å²) in [4.78, 5) is 25.2. The van der Waals surface area contributed by atoms with E-state index in [4.69, 9.17) is 9.47 Å². The van der Waals surface area contributed by atoms with Crippen LogP contribution >= 0.6 is 0 Å². The van der Waals surface area contributed by atoms with E-state index in [1.807, 2.05) is 51.1 Å². The minimum Gasteiger partial charge on any atom is -0.468 e. The van der Waals surface area contributed by atoms with Crippen molar-refractivity contribution in [2.75, 3.05) is 7.11 Å². The first-order valence-corrected chi connectivity index (χ1v) is 8.21. The Morgan fingerprint density at radius 1 is 1.21 bits per heavy atom. The number of allylic oxidation sites excluding steroid dienone is 1. The molecule has 24 heavy (non-hydrogen) atoms. The van der Waals surface area contributed by atoms with Crippen molar-refractivity contribution in [3.8, 4) is 0 Å². The van der Waals surface area contributed by atoms with Crippen molar-refractivity contribution in [1.29, 1.82) is 0 Å². The second-order valence-electron chi connectivity index (χ2n) is 7.51. The van der Waals surface area contributed by atoms with Gasteiger partial charge in [0.2, 0.25) is 0 Å². The summed E-state index contributed by atoms with van der Waals surface area (Å²) in [5, 5.41) is 0. The highest BCUT2D eigenvalue weighted by Crippen LogP contribution is 2.45. The predicted octanol–water partition coefficient (Wildman–Crippen LogP) is 3.80. The van der Waals surface area contributed by atoms with Crippen LogP contribution in [0.1, 0.15) is 45.6 Å². The van der Waals surface area contributed by atoms with Crippen molar-refractivity contribution >= 4 is 11.9 Å². The van der Waals surface area contributed by atoms with Gasteiger partial charge in [0.25, 0.3) is 0 Å². The Labute approximate surface area is 143 Å². The van der Waals surface area contributed by atoms with Gasteiger partial charge in [0.05, 0.1) is 18.4 Å². The Morgan fingerprint density at radius 3 is 2.38 bits per heavy atom. The summed E-state index contributed by atoms with van der Waals surface area (Å²) in [5.74, 6) is -1.01. The molecule has 130 valence electrons. The standard InChI is InChI=1S/C20H26O4/c1-14-11-15(17(21)24-19(2,3)4)13-20(12-14,18(22)23-5)16-9-7-6-8-10-16/h6-10,15H,1,11-13H2,2-5H3/t15-,20-/m1/s1. The topological polar surface area (TPSA) is 52.6 Å². The van der Waals surface area contributed by atoms with Gasteiger partial charge in [-0.1, -0.05) is 42.5 Å². The molecule has 0 radical (unpaired) electrons. The fraction of sp³-hybridized carbons (Fsp3) is 0.500. The first-order valence-electron chi connectivity index (χ1n) is 8.21. The predicted molar refractivity (Wildman–Crippen MR) is 92.5 cm³/mol. The summed E-state index contributed by atoms with van der Waals surface area (Å²) in [5.41, 5.74) is 0.279. The molecule has 0 heterocycles. The van der Waals surface area contributed by atoms with Crippen LogP contribution in [0.15, 0.2) is 42.5 Å². The summed E-state index contributed by atoms with van der Waals surface area (Å²) < 4.78 is 10.6. The number of carbonyl (C=O) groups excluding carboxylic acids is 2. The molecule has 1 aromatic rings. The van der Waals surface area contributed by atoms with Crippen LogP contribution in [0.3, 0.4) is 0 Å². The van der Waals surface area contributed by atoms with Crippen molar-refractivity contribution in [1.82, 2.24) is 0 Å². The highest BCUT2D eigenvalue weighted by molar-refractivity contribution is 5.86. The molecule has 1 saturated carbocycles. The third-order valence-corrected chi connectivity index (χ3v) is 4.32. The molecule has 1 aliphatic carbocycles. The Morgan fingerprint density at radius 2 is 1.83 bits per heavy atom. The molecule has 0 amide bonds. The fourth-order valence-corrected chi connectivity index (χ4v) is 3.41. The summed E-state index contributed by atoms with van der Waals surface area (Å²) in [7, 11) is 1.38. The van der Waals surface area contributed by atoms with Crippen LogP contribution in [0.5, 0.6) is 0 Å². The van der Waals surface area contributed by atoms with Gasteiger partial charge in [-0.2, -0.15) is 0 Å². The average Bonchev–Trinajstić information content (AvgIpc) is 2.52. The van der Waals surface area contributed by atoms with Crippen molar-refractivity contribution in [3.63, 3.8) is 0 Å². The zero-order valence-corrected chi connectivity index (χ0v) is 14.9. The van der Waals surface area contributed by atoms with E-state index in [1.165, 1.54) is 7.11 Å². The van der Waals surface area contributed by atoms with Crippen LogP contribution in [0, 0.1) is 5.92 Å². The van der Waals surface area contributed by atoms with Crippen molar-refractivity contribution < 1.29 is 19.1 Å². The maximum Gasteiger partial charge on any atom is 0.316 e. The molecule has 0 aliphatic heterocycles. The zero-order valence-electron chi connectivity index (χ0n) is 14.9. The highest BCUT2D eigenvalue weighted by Gasteiger charge is 2.48. The number of carbonyl (C=O) groups is 2. The molecule has 2 rings (SSSR count). The number of hydrogen-bond donors (Lipinski definition) is 0. The number of benzene rings is 1. The Bertz CT molecular complexity index is 627. The largest absolute Gasteiger partial charge is 0.468 e. The van der Waals surface area contributed by atoms with Crippen molar-refractivity contribution in [2.45, 2.75) is 51.0 Å². The second kappa shape index (κ2) is 6.80.